The van der Waals surface area contributed by atoms with Gasteiger partial charge >= 0.3 is 0 Å². The zero-order chi connectivity index (χ0) is 16.1. The molecule has 23 heavy (non-hydrogen) atoms. The van der Waals surface area contributed by atoms with Crippen molar-refractivity contribution in [2.75, 3.05) is 13.1 Å². The molecule has 1 fully saturated rings. The van der Waals surface area contributed by atoms with Crippen molar-refractivity contribution in [1.29, 1.82) is 0 Å². The number of likely N-dealkylation sites (tertiary alicyclic amines) is 1. The lowest BCUT2D eigenvalue weighted by atomic mass is 9.91. The molecule has 1 aliphatic rings. The van der Waals surface area contributed by atoms with Gasteiger partial charge in [-0.3, -0.25) is 4.79 Å². The molecule has 4 nitrogen and oxygen atoms in total. The summed E-state index contributed by atoms with van der Waals surface area (Å²) in [6.45, 7) is 1.74. The van der Waals surface area contributed by atoms with Crippen LogP contribution >= 0.6 is 0 Å². The van der Waals surface area contributed by atoms with Crippen molar-refractivity contribution in [1.82, 2.24) is 14.5 Å². The van der Waals surface area contributed by atoms with Gasteiger partial charge in [-0.15, -0.1) is 0 Å². The van der Waals surface area contributed by atoms with Crippen LogP contribution in [0, 0.1) is 5.92 Å². The van der Waals surface area contributed by atoms with E-state index in [1.165, 1.54) is 24.8 Å². The van der Waals surface area contributed by atoms with Crippen LogP contribution in [0.15, 0.2) is 42.9 Å². The van der Waals surface area contributed by atoms with E-state index in [9.17, 15) is 4.79 Å². The smallest absolute Gasteiger partial charge is 0.274 e. The van der Waals surface area contributed by atoms with Crippen LogP contribution in [0.25, 0.3) is 0 Å². The molecule has 3 rings (SSSR count). The Morgan fingerprint density at radius 2 is 2.13 bits per heavy atom. The number of amides is 1. The molecular weight excluding hydrogens is 286 g/mol. The quantitative estimate of drug-likeness (QED) is 0.850. The van der Waals surface area contributed by atoms with E-state index in [2.05, 4.69) is 35.3 Å². The Kier molecular flexibility index (Phi) is 5.11. The van der Waals surface area contributed by atoms with E-state index in [0.29, 0.717) is 11.6 Å². The van der Waals surface area contributed by atoms with Gasteiger partial charge in [0.1, 0.15) is 5.69 Å². The van der Waals surface area contributed by atoms with Crippen LogP contribution in [0.5, 0.6) is 0 Å². The number of piperidine rings is 1. The van der Waals surface area contributed by atoms with Crippen LogP contribution < -0.4 is 0 Å². The second-order valence-electron chi connectivity index (χ2n) is 6.56. The predicted molar refractivity (Wildman–Crippen MR) is 91.2 cm³/mol. The second kappa shape index (κ2) is 7.44. The van der Waals surface area contributed by atoms with Gasteiger partial charge in [0.15, 0.2) is 0 Å². The summed E-state index contributed by atoms with van der Waals surface area (Å²) < 4.78 is 1.83. The van der Waals surface area contributed by atoms with Gasteiger partial charge in [0.25, 0.3) is 5.91 Å². The van der Waals surface area contributed by atoms with Crippen molar-refractivity contribution < 1.29 is 4.79 Å². The number of imidazole rings is 1. The molecule has 122 valence electrons. The highest BCUT2D eigenvalue weighted by molar-refractivity contribution is 5.92. The summed E-state index contributed by atoms with van der Waals surface area (Å²) in [6.07, 6.45) is 9.36. The molecule has 1 saturated heterocycles. The number of aryl methyl sites for hydroxylation is 2. The number of benzene rings is 1. The Labute approximate surface area is 138 Å². The molecule has 2 aromatic rings. The topological polar surface area (TPSA) is 38.1 Å². The first-order valence-electron chi connectivity index (χ1n) is 8.53. The molecule has 0 N–H and O–H groups in total. The van der Waals surface area contributed by atoms with Gasteiger partial charge in [-0.25, -0.2) is 4.98 Å². The average molecular weight is 311 g/mol. The molecule has 0 unspecified atom stereocenters. The SMILES string of the molecule is Cn1cnc(C(=O)N2CCC[C@@H](CCCc3ccccc3)C2)c1. The second-order valence-corrected chi connectivity index (χ2v) is 6.56. The molecule has 0 bridgehead atoms. The highest BCUT2D eigenvalue weighted by atomic mass is 16.2. The number of hydrogen-bond acceptors (Lipinski definition) is 2. The maximum absolute atomic E-state index is 12.5. The van der Waals surface area contributed by atoms with Gasteiger partial charge in [-0.2, -0.15) is 0 Å². The zero-order valence-corrected chi connectivity index (χ0v) is 13.8. The number of carbonyl (C=O) groups excluding carboxylic acids is 1. The molecule has 0 radical (unpaired) electrons. The molecule has 1 atom stereocenters. The number of carbonyl (C=O) groups is 1. The molecule has 4 heteroatoms. The summed E-state index contributed by atoms with van der Waals surface area (Å²) in [5, 5.41) is 0. The standard InChI is InChI=1S/C19H25N3O/c1-21-14-18(20-15-21)19(23)22-12-6-11-17(13-22)10-5-9-16-7-3-2-4-8-16/h2-4,7-8,14-15,17H,5-6,9-13H2,1H3/t17-/m1/s1. The summed E-state index contributed by atoms with van der Waals surface area (Å²) in [4.78, 5) is 18.7. The molecular formula is C19H25N3O. The van der Waals surface area contributed by atoms with Crippen LogP contribution in [0.4, 0.5) is 0 Å². The van der Waals surface area contributed by atoms with E-state index < -0.39 is 0 Å². The maximum atomic E-state index is 12.5. The van der Waals surface area contributed by atoms with E-state index in [0.717, 1.165) is 25.9 Å². The lowest BCUT2D eigenvalue weighted by Crippen LogP contribution is -2.40. The molecule has 0 saturated carbocycles. The monoisotopic (exact) mass is 311 g/mol. The van der Waals surface area contributed by atoms with E-state index in [-0.39, 0.29) is 5.91 Å². The fourth-order valence-electron chi connectivity index (χ4n) is 3.41. The van der Waals surface area contributed by atoms with E-state index in [1.807, 2.05) is 16.5 Å². The summed E-state index contributed by atoms with van der Waals surface area (Å²) in [7, 11) is 1.90. The van der Waals surface area contributed by atoms with Crippen molar-refractivity contribution in [3.05, 3.63) is 54.1 Å². The van der Waals surface area contributed by atoms with Crippen molar-refractivity contribution in [3.63, 3.8) is 0 Å². The van der Waals surface area contributed by atoms with Crippen LogP contribution in [0.2, 0.25) is 0 Å². The molecule has 1 aliphatic heterocycles. The first kappa shape index (κ1) is 15.8. The van der Waals surface area contributed by atoms with Crippen molar-refractivity contribution in [3.8, 4) is 0 Å². The predicted octanol–water partition coefficient (Wildman–Crippen LogP) is 3.30. The largest absolute Gasteiger partial charge is 0.340 e. The summed E-state index contributed by atoms with van der Waals surface area (Å²) >= 11 is 0. The Hall–Kier alpha value is -2.10. The Morgan fingerprint density at radius 3 is 2.87 bits per heavy atom. The van der Waals surface area contributed by atoms with Crippen LogP contribution in [0.3, 0.4) is 0 Å². The Morgan fingerprint density at radius 1 is 1.30 bits per heavy atom. The minimum Gasteiger partial charge on any atom is -0.340 e. The normalized spacial score (nSPS) is 18.1. The lowest BCUT2D eigenvalue weighted by molar-refractivity contribution is 0.0661. The minimum absolute atomic E-state index is 0.0818. The van der Waals surface area contributed by atoms with Crippen molar-refractivity contribution >= 4 is 5.91 Å². The van der Waals surface area contributed by atoms with E-state index in [4.69, 9.17) is 0 Å². The number of hydrogen-bond donors (Lipinski definition) is 0. The first-order chi connectivity index (χ1) is 11.2. The van der Waals surface area contributed by atoms with Gasteiger partial charge in [-0.05, 0) is 43.6 Å². The summed E-state index contributed by atoms with van der Waals surface area (Å²) in [6, 6.07) is 10.6. The third-order valence-electron chi connectivity index (χ3n) is 4.65. The van der Waals surface area contributed by atoms with Crippen LogP contribution in [-0.4, -0.2) is 33.4 Å². The van der Waals surface area contributed by atoms with E-state index in [1.54, 1.807) is 12.5 Å². The van der Waals surface area contributed by atoms with Crippen molar-refractivity contribution in [2.45, 2.75) is 32.1 Å². The summed E-state index contributed by atoms with van der Waals surface area (Å²) in [5.74, 6) is 0.707. The van der Waals surface area contributed by atoms with Gasteiger partial charge < -0.3 is 9.47 Å². The Balaban J connectivity index is 1.49. The van der Waals surface area contributed by atoms with Crippen molar-refractivity contribution in [2.24, 2.45) is 13.0 Å². The first-order valence-corrected chi connectivity index (χ1v) is 8.53. The van der Waals surface area contributed by atoms with E-state index >= 15 is 0 Å². The number of aromatic nitrogens is 2. The zero-order valence-electron chi connectivity index (χ0n) is 13.8. The third kappa shape index (κ3) is 4.21. The average Bonchev–Trinajstić information content (AvgIpc) is 3.02. The van der Waals surface area contributed by atoms with Gasteiger partial charge in [0.2, 0.25) is 0 Å². The maximum Gasteiger partial charge on any atom is 0.274 e. The molecule has 0 spiro atoms. The minimum atomic E-state index is 0.0818. The molecule has 0 aliphatic carbocycles. The summed E-state index contributed by atoms with van der Waals surface area (Å²) in [5.41, 5.74) is 1.97. The van der Waals surface area contributed by atoms with Gasteiger partial charge in [0.05, 0.1) is 6.33 Å². The number of rotatable bonds is 5. The highest BCUT2D eigenvalue weighted by Crippen LogP contribution is 2.23. The molecule has 1 amide bonds. The van der Waals surface area contributed by atoms with Gasteiger partial charge in [0, 0.05) is 26.3 Å². The van der Waals surface area contributed by atoms with Crippen LogP contribution in [-0.2, 0) is 13.5 Å². The Bertz CT molecular complexity index is 635. The molecule has 1 aromatic carbocycles. The fraction of sp³-hybridized carbons (Fsp3) is 0.474. The number of nitrogens with zero attached hydrogens (tertiary/aromatic N) is 3. The highest BCUT2D eigenvalue weighted by Gasteiger charge is 2.25. The molecule has 2 heterocycles. The van der Waals surface area contributed by atoms with Gasteiger partial charge in [-0.1, -0.05) is 30.3 Å². The van der Waals surface area contributed by atoms with Crippen LogP contribution in [0.1, 0.15) is 41.7 Å². The molecule has 1 aromatic heterocycles. The fourth-order valence-corrected chi connectivity index (χ4v) is 3.41. The lowest BCUT2D eigenvalue weighted by Gasteiger charge is -2.32. The third-order valence-corrected chi connectivity index (χ3v) is 4.65.